The summed E-state index contributed by atoms with van der Waals surface area (Å²) in [6, 6.07) is 4.86. The average molecular weight is 477 g/mol. The van der Waals surface area contributed by atoms with E-state index in [0.29, 0.717) is 18.7 Å². The Hall–Kier alpha value is -2.36. The third-order valence-electron chi connectivity index (χ3n) is 5.04. The first kappa shape index (κ1) is 19.9. The number of halogens is 6. The van der Waals surface area contributed by atoms with Crippen molar-refractivity contribution < 1.29 is 31.5 Å². The van der Waals surface area contributed by atoms with E-state index >= 15 is 0 Å². The Bertz CT molecular complexity index is 982. The second-order valence-corrected chi connectivity index (χ2v) is 7.71. The van der Waals surface area contributed by atoms with Gasteiger partial charge in [-0.2, -0.15) is 13.2 Å². The molecule has 2 atom stereocenters. The number of carbonyl (C=O) groups is 1. The van der Waals surface area contributed by atoms with Gasteiger partial charge in [-0.25, -0.2) is 8.78 Å². The van der Waals surface area contributed by atoms with Crippen molar-refractivity contribution in [1.82, 2.24) is 5.32 Å². The molecule has 2 aromatic carbocycles. The van der Waals surface area contributed by atoms with Gasteiger partial charge < -0.3 is 15.0 Å². The molecule has 2 aliphatic rings. The van der Waals surface area contributed by atoms with Gasteiger partial charge in [-0.3, -0.25) is 4.79 Å². The van der Waals surface area contributed by atoms with Crippen molar-refractivity contribution >= 4 is 27.5 Å². The largest absolute Gasteiger partial charge is 0.471 e. The van der Waals surface area contributed by atoms with Gasteiger partial charge in [0.05, 0.1) is 22.2 Å². The van der Waals surface area contributed by atoms with E-state index in [1.807, 2.05) is 5.32 Å². The molecule has 4 rings (SSSR count). The first-order chi connectivity index (χ1) is 13.7. The van der Waals surface area contributed by atoms with Crippen LogP contribution in [0.3, 0.4) is 0 Å². The summed E-state index contributed by atoms with van der Waals surface area (Å²) in [6.45, 7) is 0.410. The number of hydrogen-bond donors (Lipinski definition) is 1. The van der Waals surface area contributed by atoms with Crippen LogP contribution in [0.2, 0.25) is 0 Å². The number of ether oxygens (including phenoxy) is 1. The number of benzene rings is 2. The number of rotatable bonds is 1. The smallest absolute Gasteiger partial charge is 0.452 e. The van der Waals surface area contributed by atoms with Crippen LogP contribution in [0.15, 0.2) is 34.8 Å². The van der Waals surface area contributed by atoms with E-state index in [1.54, 1.807) is 4.90 Å². The van der Waals surface area contributed by atoms with Crippen molar-refractivity contribution in [3.63, 3.8) is 0 Å². The summed E-state index contributed by atoms with van der Waals surface area (Å²) < 4.78 is 73.0. The highest BCUT2D eigenvalue weighted by Crippen LogP contribution is 2.49. The predicted octanol–water partition coefficient (Wildman–Crippen LogP) is 5.22. The standard InChI is InChI=1S/C19H14BrF5N2O2/c20-10-7-14-15(8-12(10)22)29-17-9(3-1-4-11(17)21)16-13(5-2-6-27(14)16)26-18(28)19(23,24)25/h1,3-4,7-8,13,16H,2,5-6H2,(H,26,28). The van der Waals surface area contributed by atoms with Crippen molar-refractivity contribution in [2.75, 3.05) is 11.4 Å². The van der Waals surface area contributed by atoms with Crippen molar-refractivity contribution in [2.45, 2.75) is 31.1 Å². The molecule has 0 radical (unpaired) electrons. The number of fused-ring (bicyclic) bond motifs is 5. The molecule has 2 aliphatic heterocycles. The fourth-order valence-electron chi connectivity index (χ4n) is 3.85. The third-order valence-corrected chi connectivity index (χ3v) is 5.65. The first-order valence-electron chi connectivity index (χ1n) is 8.76. The zero-order chi connectivity index (χ0) is 20.9. The number of nitrogens with one attached hydrogen (secondary N) is 1. The first-order valence-corrected chi connectivity index (χ1v) is 9.55. The molecule has 0 aromatic heterocycles. The Morgan fingerprint density at radius 1 is 1.21 bits per heavy atom. The number of nitrogens with zero attached hydrogens (tertiary/aromatic N) is 1. The van der Waals surface area contributed by atoms with Crippen molar-refractivity contribution in [1.29, 1.82) is 0 Å². The van der Waals surface area contributed by atoms with Gasteiger partial charge in [0.25, 0.3) is 0 Å². The minimum absolute atomic E-state index is 0.0438. The van der Waals surface area contributed by atoms with Crippen LogP contribution in [0.4, 0.5) is 27.6 Å². The minimum Gasteiger partial charge on any atom is -0.452 e. The van der Waals surface area contributed by atoms with Crippen LogP contribution in [0, 0.1) is 11.6 Å². The Morgan fingerprint density at radius 3 is 2.69 bits per heavy atom. The molecular weight excluding hydrogens is 463 g/mol. The molecule has 2 aromatic rings. The van der Waals surface area contributed by atoms with Crippen LogP contribution in [0.5, 0.6) is 11.5 Å². The van der Waals surface area contributed by atoms with Crippen molar-refractivity contribution in [2.24, 2.45) is 0 Å². The highest BCUT2D eigenvalue weighted by Gasteiger charge is 2.45. The predicted molar refractivity (Wildman–Crippen MR) is 97.9 cm³/mol. The van der Waals surface area contributed by atoms with Crippen LogP contribution in [-0.4, -0.2) is 24.7 Å². The second-order valence-electron chi connectivity index (χ2n) is 6.85. The number of amides is 1. The van der Waals surface area contributed by atoms with E-state index in [4.69, 9.17) is 4.74 Å². The average Bonchev–Trinajstić information content (AvgIpc) is 2.78. The molecule has 4 nitrogen and oxygen atoms in total. The molecule has 0 aliphatic carbocycles. The topological polar surface area (TPSA) is 41.6 Å². The van der Waals surface area contributed by atoms with Gasteiger partial charge in [-0.1, -0.05) is 12.1 Å². The van der Waals surface area contributed by atoms with E-state index in [1.165, 1.54) is 18.2 Å². The Morgan fingerprint density at radius 2 is 1.97 bits per heavy atom. The van der Waals surface area contributed by atoms with Gasteiger partial charge in [0, 0.05) is 18.2 Å². The molecule has 1 N–H and O–H groups in total. The number of piperidine rings is 1. The zero-order valence-electron chi connectivity index (χ0n) is 14.7. The maximum absolute atomic E-state index is 14.5. The van der Waals surface area contributed by atoms with E-state index in [-0.39, 0.29) is 28.0 Å². The minimum atomic E-state index is -5.04. The lowest BCUT2D eigenvalue weighted by Gasteiger charge is -2.42. The molecule has 29 heavy (non-hydrogen) atoms. The van der Waals surface area contributed by atoms with E-state index in [9.17, 15) is 26.7 Å². The number of anilines is 1. The summed E-state index contributed by atoms with van der Waals surface area (Å²) >= 11 is 3.10. The molecule has 1 amide bonds. The summed E-state index contributed by atoms with van der Waals surface area (Å²) in [6.07, 6.45) is -4.31. The van der Waals surface area contributed by atoms with E-state index < -0.39 is 35.8 Å². The maximum atomic E-state index is 14.5. The van der Waals surface area contributed by atoms with Crippen LogP contribution in [-0.2, 0) is 4.79 Å². The maximum Gasteiger partial charge on any atom is 0.471 e. The zero-order valence-corrected chi connectivity index (χ0v) is 16.3. The Balaban J connectivity index is 1.87. The van der Waals surface area contributed by atoms with Crippen LogP contribution >= 0.6 is 15.9 Å². The van der Waals surface area contributed by atoms with Gasteiger partial charge in [0.1, 0.15) is 5.82 Å². The molecule has 1 fully saturated rings. The molecule has 1 saturated heterocycles. The molecule has 2 unspecified atom stereocenters. The number of hydrogen-bond acceptors (Lipinski definition) is 3. The van der Waals surface area contributed by atoms with Gasteiger partial charge in [0.15, 0.2) is 17.3 Å². The lowest BCUT2D eigenvalue weighted by atomic mass is 9.89. The second kappa shape index (κ2) is 7.16. The van der Waals surface area contributed by atoms with Gasteiger partial charge in [-0.15, -0.1) is 0 Å². The van der Waals surface area contributed by atoms with Crippen LogP contribution < -0.4 is 15.0 Å². The summed E-state index contributed by atoms with van der Waals surface area (Å²) in [5.74, 6) is -3.57. The van der Waals surface area contributed by atoms with Gasteiger partial charge in [0.2, 0.25) is 0 Å². The fraction of sp³-hybridized carbons (Fsp3) is 0.316. The van der Waals surface area contributed by atoms with Crippen molar-refractivity contribution in [3.8, 4) is 11.5 Å². The quantitative estimate of drug-likeness (QED) is 0.573. The normalized spacial score (nSPS) is 20.7. The molecule has 0 spiro atoms. The van der Waals surface area contributed by atoms with Gasteiger partial charge in [-0.05, 0) is 40.9 Å². The highest BCUT2D eigenvalue weighted by molar-refractivity contribution is 9.10. The molecule has 0 bridgehead atoms. The fourth-order valence-corrected chi connectivity index (χ4v) is 4.18. The van der Waals surface area contributed by atoms with E-state index in [0.717, 1.165) is 12.1 Å². The van der Waals surface area contributed by atoms with E-state index in [2.05, 4.69) is 15.9 Å². The molecule has 2 heterocycles. The SMILES string of the molecule is O=C(NC1CCCN2c3cc(Br)c(F)cc3Oc3c(F)cccc3C12)C(F)(F)F. The van der Waals surface area contributed by atoms with Crippen molar-refractivity contribution in [3.05, 3.63) is 52.0 Å². The monoisotopic (exact) mass is 476 g/mol. The molecule has 10 heteroatoms. The number of alkyl halides is 3. The third kappa shape index (κ3) is 3.54. The molecule has 0 saturated carbocycles. The number of para-hydroxylation sites is 1. The lowest BCUT2D eigenvalue weighted by Crippen LogP contribution is -2.52. The summed E-state index contributed by atoms with van der Waals surface area (Å²) in [7, 11) is 0. The number of carbonyl (C=O) groups excluding carboxylic acids is 1. The summed E-state index contributed by atoms with van der Waals surface area (Å²) in [5.41, 5.74) is 0.676. The summed E-state index contributed by atoms with van der Waals surface area (Å²) in [4.78, 5) is 13.3. The van der Waals surface area contributed by atoms with Crippen LogP contribution in [0.1, 0.15) is 24.4 Å². The lowest BCUT2D eigenvalue weighted by molar-refractivity contribution is -0.174. The van der Waals surface area contributed by atoms with Gasteiger partial charge >= 0.3 is 12.1 Å². The summed E-state index contributed by atoms with van der Waals surface area (Å²) in [5, 5.41) is 2.03. The Kier molecular flexibility index (Phi) is 4.92. The molecule has 154 valence electrons. The Labute approximate surface area is 170 Å². The molecular formula is C19H14BrF5N2O2. The highest BCUT2D eigenvalue weighted by atomic mass is 79.9. The van der Waals surface area contributed by atoms with Crippen LogP contribution in [0.25, 0.3) is 0 Å².